The van der Waals surface area contributed by atoms with E-state index in [1.807, 2.05) is 30.3 Å². The van der Waals surface area contributed by atoms with E-state index in [2.05, 4.69) is 15.3 Å². The molecule has 3 rings (SSSR count). The van der Waals surface area contributed by atoms with E-state index >= 15 is 0 Å². The number of aromatic nitrogens is 2. The van der Waals surface area contributed by atoms with Crippen molar-refractivity contribution in [1.29, 1.82) is 0 Å². The number of pyridine rings is 1. The molecule has 3 aromatic rings. The highest BCUT2D eigenvalue weighted by molar-refractivity contribution is 7.91. The highest BCUT2D eigenvalue weighted by atomic mass is 32.2. The number of thiazole rings is 1. The van der Waals surface area contributed by atoms with Crippen LogP contribution < -0.4 is 10.1 Å². The molecule has 1 amide bonds. The second kappa shape index (κ2) is 9.15. The van der Waals surface area contributed by atoms with Crippen molar-refractivity contribution >= 4 is 32.2 Å². The van der Waals surface area contributed by atoms with Gasteiger partial charge in [0.15, 0.2) is 20.0 Å². The molecule has 0 spiro atoms. The SMILES string of the molecule is CC(C)Oc1cc(C(=O)Nc2nccs2)cc(S(=O)(=O)CCc2ccccc2)n1. The fourth-order valence-corrected chi connectivity index (χ4v) is 4.30. The first-order valence-electron chi connectivity index (χ1n) is 9.00. The number of aryl methyl sites for hydroxylation is 1. The number of anilines is 1. The Bertz CT molecular complexity index is 1070. The maximum Gasteiger partial charge on any atom is 0.257 e. The van der Waals surface area contributed by atoms with Gasteiger partial charge in [0.05, 0.1) is 11.9 Å². The van der Waals surface area contributed by atoms with E-state index in [0.717, 1.165) is 5.56 Å². The molecule has 0 radical (unpaired) electrons. The standard InChI is InChI=1S/C20H21N3O4S2/c1-14(2)27-17-12-16(19(24)23-20-21-9-10-28-20)13-18(22-17)29(25,26)11-8-15-6-4-3-5-7-15/h3-7,9-10,12-14H,8,11H2,1-2H3,(H,21,23,24). The number of rotatable bonds is 8. The monoisotopic (exact) mass is 431 g/mol. The third kappa shape index (κ3) is 5.85. The Morgan fingerprint density at radius 2 is 1.97 bits per heavy atom. The van der Waals surface area contributed by atoms with Gasteiger partial charge in [-0.2, -0.15) is 0 Å². The van der Waals surface area contributed by atoms with Crippen LogP contribution in [0.5, 0.6) is 5.88 Å². The van der Waals surface area contributed by atoms with Gasteiger partial charge >= 0.3 is 0 Å². The zero-order valence-electron chi connectivity index (χ0n) is 16.0. The minimum Gasteiger partial charge on any atom is -0.475 e. The van der Waals surface area contributed by atoms with Crippen molar-refractivity contribution < 1.29 is 17.9 Å². The van der Waals surface area contributed by atoms with E-state index < -0.39 is 15.7 Å². The molecule has 152 valence electrons. The molecule has 2 heterocycles. The van der Waals surface area contributed by atoms with Gasteiger partial charge in [-0.3, -0.25) is 10.1 Å². The van der Waals surface area contributed by atoms with Gasteiger partial charge < -0.3 is 4.74 Å². The summed E-state index contributed by atoms with van der Waals surface area (Å²) >= 11 is 1.27. The van der Waals surface area contributed by atoms with Crippen LogP contribution in [-0.2, 0) is 16.3 Å². The van der Waals surface area contributed by atoms with Gasteiger partial charge in [-0.15, -0.1) is 11.3 Å². The van der Waals surface area contributed by atoms with Crippen LogP contribution in [0.2, 0.25) is 0 Å². The predicted molar refractivity (Wildman–Crippen MR) is 112 cm³/mol. The zero-order valence-corrected chi connectivity index (χ0v) is 17.7. The Labute approximate surface area is 173 Å². The number of amides is 1. The molecule has 29 heavy (non-hydrogen) atoms. The van der Waals surface area contributed by atoms with E-state index in [-0.39, 0.29) is 28.3 Å². The molecule has 0 bridgehead atoms. The number of hydrogen-bond acceptors (Lipinski definition) is 7. The summed E-state index contributed by atoms with van der Waals surface area (Å²) in [5.74, 6) is -0.511. The Balaban J connectivity index is 1.88. The minimum absolute atomic E-state index is 0.0880. The highest BCUT2D eigenvalue weighted by Gasteiger charge is 2.21. The Hall–Kier alpha value is -2.78. The van der Waals surface area contributed by atoms with Gasteiger partial charge in [0.1, 0.15) is 0 Å². The van der Waals surface area contributed by atoms with Crippen molar-refractivity contribution in [2.24, 2.45) is 0 Å². The van der Waals surface area contributed by atoms with Gasteiger partial charge in [-0.1, -0.05) is 30.3 Å². The predicted octanol–water partition coefficient (Wildman–Crippen LogP) is 3.59. The lowest BCUT2D eigenvalue weighted by molar-refractivity contribution is 0.102. The average Bonchev–Trinajstić information content (AvgIpc) is 3.19. The van der Waals surface area contributed by atoms with E-state index in [0.29, 0.717) is 11.6 Å². The zero-order chi connectivity index (χ0) is 20.9. The molecular formula is C20H21N3O4S2. The molecule has 0 atom stereocenters. The number of carbonyl (C=O) groups is 1. The Morgan fingerprint density at radius 3 is 2.62 bits per heavy atom. The molecule has 0 aliphatic carbocycles. The topological polar surface area (TPSA) is 98.2 Å². The van der Waals surface area contributed by atoms with Gasteiger partial charge in [0, 0.05) is 23.2 Å². The lowest BCUT2D eigenvalue weighted by Crippen LogP contribution is -2.17. The molecule has 9 heteroatoms. The van der Waals surface area contributed by atoms with Crippen LogP contribution in [0.1, 0.15) is 29.8 Å². The second-order valence-corrected chi connectivity index (χ2v) is 9.50. The molecular weight excluding hydrogens is 410 g/mol. The minimum atomic E-state index is -3.72. The first-order chi connectivity index (χ1) is 13.8. The maximum absolute atomic E-state index is 12.9. The van der Waals surface area contributed by atoms with E-state index in [4.69, 9.17) is 4.74 Å². The number of sulfone groups is 1. The van der Waals surface area contributed by atoms with Crippen LogP contribution in [0.3, 0.4) is 0 Å². The molecule has 0 unspecified atom stereocenters. The van der Waals surface area contributed by atoms with Crippen molar-refractivity contribution in [2.75, 3.05) is 11.1 Å². The number of carbonyl (C=O) groups excluding carboxylic acids is 1. The molecule has 0 aliphatic heterocycles. The first kappa shape index (κ1) is 20.9. The lowest BCUT2D eigenvalue weighted by atomic mass is 10.2. The summed E-state index contributed by atoms with van der Waals surface area (Å²) in [6.07, 6.45) is 1.69. The normalized spacial score (nSPS) is 11.4. The van der Waals surface area contributed by atoms with E-state index in [1.165, 1.54) is 23.5 Å². The number of ether oxygens (including phenoxy) is 1. The average molecular weight is 432 g/mol. The van der Waals surface area contributed by atoms with Crippen LogP contribution in [0, 0.1) is 0 Å². The van der Waals surface area contributed by atoms with Crippen LogP contribution in [0.4, 0.5) is 5.13 Å². The van der Waals surface area contributed by atoms with Crippen LogP contribution >= 0.6 is 11.3 Å². The summed E-state index contributed by atoms with van der Waals surface area (Å²) in [5, 5.41) is 4.62. The summed E-state index contributed by atoms with van der Waals surface area (Å²) in [6.45, 7) is 3.60. The third-order valence-electron chi connectivity index (χ3n) is 3.87. The number of benzene rings is 1. The third-order valence-corrected chi connectivity index (χ3v) is 6.15. The number of nitrogens with zero attached hydrogens (tertiary/aromatic N) is 2. The van der Waals surface area contributed by atoms with Crippen molar-refractivity contribution in [3.05, 3.63) is 65.2 Å². The van der Waals surface area contributed by atoms with Crippen LogP contribution in [-0.4, -0.2) is 36.1 Å². The number of hydrogen-bond donors (Lipinski definition) is 1. The van der Waals surface area contributed by atoms with Gasteiger partial charge in [-0.05, 0) is 31.9 Å². The number of nitrogens with one attached hydrogen (secondary N) is 1. The fraction of sp³-hybridized carbons (Fsp3) is 0.250. The molecule has 0 fully saturated rings. The summed E-state index contributed by atoms with van der Waals surface area (Å²) < 4.78 is 31.3. The summed E-state index contributed by atoms with van der Waals surface area (Å²) in [6, 6.07) is 12.0. The van der Waals surface area contributed by atoms with Crippen LogP contribution in [0.25, 0.3) is 0 Å². The fourth-order valence-electron chi connectivity index (χ4n) is 2.53. The molecule has 7 nitrogen and oxygen atoms in total. The summed E-state index contributed by atoms with van der Waals surface area (Å²) in [4.78, 5) is 20.7. The van der Waals surface area contributed by atoms with Crippen molar-refractivity contribution in [2.45, 2.75) is 31.4 Å². The molecule has 1 N–H and O–H groups in total. The molecule has 0 saturated heterocycles. The van der Waals surface area contributed by atoms with E-state index in [9.17, 15) is 13.2 Å². The molecule has 2 aromatic heterocycles. The largest absolute Gasteiger partial charge is 0.475 e. The smallest absolute Gasteiger partial charge is 0.257 e. The van der Waals surface area contributed by atoms with Crippen molar-refractivity contribution in [3.8, 4) is 5.88 Å². The Morgan fingerprint density at radius 1 is 1.21 bits per heavy atom. The molecule has 0 saturated carbocycles. The van der Waals surface area contributed by atoms with Crippen molar-refractivity contribution in [3.63, 3.8) is 0 Å². The van der Waals surface area contributed by atoms with Crippen molar-refractivity contribution in [1.82, 2.24) is 9.97 Å². The first-order valence-corrected chi connectivity index (χ1v) is 11.5. The quantitative estimate of drug-likeness (QED) is 0.585. The van der Waals surface area contributed by atoms with Gasteiger partial charge in [-0.25, -0.2) is 18.4 Å². The molecule has 1 aromatic carbocycles. The summed E-state index contributed by atoms with van der Waals surface area (Å²) in [5.41, 5.74) is 1.05. The maximum atomic E-state index is 12.9. The van der Waals surface area contributed by atoms with Gasteiger partial charge in [0.2, 0.25) is 5.88 Å². The van der Waals surface area contributed by atoms with E-state index in [1.54, 1.807) is 25.4 Å². The summed E-state index contributed by atoms with van der Waals surface area (Å²) in [7, 11) is -3.72. The van der Waals surface area contributed by atoms with Gasteiger partial charge in [0.25, 0.3) is 5.91 Å². The lowest BCUT2D eigenvalue weighted by Gasteiger charge is -2.12. The highest BCUT2D eigenvalue weighted by Crippen LogP contribution is 2.21. The second-order valence-electron chi connectivity index (χ2n) is 6.54. The molecule has 0 aliphatic rings. The van der Waals surface area contributed by atoms with Crippen LogP contribution in [0.15, 0.2) is 59.1 Å². The Kier molecular flexibility index (Phi) is 6.60.